The molecule has 3 N–H and O–H groups in total. The molecule has 0 saturated heterocycles. The third-order valence-electron chi connectivity index (χ3n) is 3.58. The Morgan fingerprint density at radius 3 is 2.83 bits per heavy atom. The molecular formula is C17H17N3O2S. The van der Waals surface area contributed by atoms with Crippen LogP contribution in [0.1, 0.15) is 12.5 Å². The van der Waals surface area contributed by atoms with Gasteiger partial charge in [-0.2, -0.15) is 11.3 Å². The Bertz CT molecular complexity index is 823. The van der Waals surface area contributed by atoms with Gasteiger partial charge in [0.25, 0.3) is 0 Å². The van der Waals surface area contributed by atoms with Gasteiger partial charge in [0.2, 0.25) is 11.8 Å². The molecule has 1 aromatic carbocycles. The maximum Gasteiger partial charge on any atom is 0.247 e. The van der Waals surface area contributed by atoms with E-state index in [1.165, 1.54) is 18.3 Å². The number of carbonyl (C=O) groups excluding carboxylic acids is 2. The van der Waals surface area contributed by atoms with Gasteiger partial charge in [-0.15, -0.1) is 0 Å². The van der Waals surface area contributed by atoms with Crippen molar-refractivity contribution < 1.29 is 9.59 Å². The second kappa shape index (κ2) is 6.66. The zero-order chi connectivity index (χ0) is 16.2. The monoisotopic (exact) mass is 327 g/mol. The molecule has 0 aliphatic heterocycles. The molecule has 1 unspecified atom stereocenters. The van der Waals surface area contributed by atoms with Crippen LogP contribution in [-0.2, 0) is 16.0 Å². The molecule has 5 nitrogen and oxygen atoms in total. The number of hydrogen-bond donors (Lipinski definition) is 3. The normalized spacial score (nSPS) is 12.0. The minimum atomic E-state index is -0.619. The van der Waals surface area contributed by atoms with Gasteiger partial charge in [0.15, 0.2) is 0 Å². The van der Waals surface area contributed by atoms with Crippen LogP contribution < -0.4 is 10.6 Å². The van der Waals surface area contributed by atoms with E-state index in [2.05, 4.69) is 15.6 Å². The van der Waals surface area contributed by atoms with E-state index in [9.17, 15) is 9.59 Å². The highest BCUT2D eigenvalue weighted by Gasteiger charge is 2.21. The number of nitrogens with one attached hydrogen (secondary N) is 3. The number of para-hydroxylation sites is 1. The Hall–Kier alpha value is -2.60. The standard InChI is InChI=1S/C17H17N3O2S/c1-11(21)19-16(17(22)20-13-6-7-23-10-13)8-12-9-18-15-5-3-2-4-14(12)15/h2-7,9-10,16,18H,8H2,1H3,(H,19,21)(H,20,22). The van der Waals surface area contributed by atoms with E-state index >= 15 is 0 Å². The predicted molar refractivity (Wildman–Crippen MR) is 92.6 cm³/mol. The van der Waals surface area contributed by atoms with Crippen LogP contribution in [0.2, 0.25) is 0 Å². The number of carbonyl (C=O) groups is 2. The molecular weight excluding hydrogens is 310 g/mol. The zero-order valence-electron chi connectivity index (χ0n) is 12.6. The molecule has 2 heterocycles. The third kappa shape index (κ3) is 3.60. The maximum absolute atomic E-state index is 12.5. The summed E-state index contributed by atoms with van der Waals surface area (Å²) in [5.41, 5.74) is 2.76. The molecule has 2 amide bonds. The average Bonchev–Trinajstić information content (AvgIpc) is 3.16. The molecule has 3 rings (SSSR count). The minimum absolute atomic E-state index is 0.219. The van der Waals surface area contributed by atoms with Crippen LogP contribution in [0.25, 0.3) is 10.9 Å². The van der Waals surface area contributed by atoms with Gasteiger partial charge in [0, 0.05) is 35.8 Å². The van der Waals surface area contributed by atoms with E-state index in [1.807, 2.05) is 47.3 Å². The summed E-state index contributed by atoms with van der Waals surface area (Å²) in [6.07, 6.45) is 2.32. The van der Waals surface area contributed by atoms with Crippen LogP contribution in [0.3, 0.4) is 0 Å². The molecule has 0 spiro atoms. The van der Waals surface area contributed by atoms with Crippen molar-refractivity contribution >= 4 is 39.7 Å². The number of fused-ring (bicyclic) bond motifs is 1. The minimum Gasteiger partial charge on any atom is -0.361 e. The van der Waals surface area contributed by atoms with E-state index in [4.69, 9.17) is 0 Å². The number of aromatic nitrogens is 1. The summed E-state index contributed by atoms with van der Waals surface area (Å²) in [6, 6.07) is 9.11. The molecule has 1 atom stereocenters. The summed E-state index contributed by atoms with van der Waals surface area (Å²) in [4.78, 5) is 27.1. The van der Waals surface area contributed by atoms with Crippen LogP contribution in [0, 0.1) is 0 Å². The van der Waals surface area contributed by atoms with Crippen molar-refractivity contribution in [3.05, 3.63) is 52.9 Å². The van der Waals surface area contributed by atoms with Crippen molar-refractivity contribution in [2.24, 2.45) is 0 Å². The highest BCUT2D eigenvalue weighted by atomic mass is 32.1. The van der Waals surface area contributed by atoms with Crippen LogP contribution >= 0.6 is 11.3 Å². The average molecular weight is 327 g/mol. The quantitative estimate of drug-likeness (QED) is 0.674. The second-order valence-corrected chi connectivity index (χ2v) is 6.10. The van der Waals surface area contributed by atoms with E-state index in [1.54, 1.807) is 0 Å². The van der Waals surface area contributed by atoms with Crippen molar-refractivity contribution in [2.75, 3.05) is 5.32 Å². The van der Waals surface area contributed by atoms with Gasteiger partial charge in [-0.25, -0.2) is 0 Å². The number of aromatic amines is 1. The zero-order valence-corrected chi connectivity index (χ0v) is 13.4. The van der Waals surface area contributed by atoms with Crippen LogP contribution in [0.15, 0.2) is 47.3 Å². The van der Waals surface area contributed by atoms with Gasteiger partial charge in [0.05, 0.1) is 5.69 Å². The molecule has 0 aliphatic carbocycles. The fraction of sp³-hybridized carbons (Fsp3) is 0.176. The van der Waals surface area contributed by atoms with Gasteiger partial charge in [0.1, 0.15) is 6.04 Å². The molecule has 6 heteroatoms. The van der Waals surface area contributed by atoms with Gasteiger partial charge < -0.3 is 15.6 Å². The Balaban J connectivity index is 1.81. The first kappa shape index (κ1) is 15.3. The number of thiophene rings is 1. The lowest BCUT2D eigenvalue weighted by molar-refractivity contribution is -0.125. The third-order valence-corrected chi connectivity index (χ3v) is 4.26. The lowest BCUT2D eigenvalue weighted by atomic mass is 10.0. The highest BCUT2D eigenvalue weighted by molar-refractivity contribution is 7.08. The Morgan fingerprint density at radius 2 is 2.09 bits per heavy atom. The van der Waals surface area contributed by atoms with Gasteiger partial charge >= 0.3 is 0 Å². The largest absolute Gasteiger partial charge is 0.361 e. The number of rotatable bonds is 5. The van der Waals surface area contributed by atoms with E-state index in [0.717, 1.165) is 22.2 Å². The number of hydrogen-bond acceptors (Lipinski definition) is 3. The smallest absolute Gasteiger partial charge is 0.247 e. The molecule has 23 heavy (non-hydrogen) atoms. The van der Waals surface area contributed by atoms with Crippen LogP contribution in [0.4, 0.5) is 5.69 Å². The first-order valence-electron chi connectivity index (χ1n) is 7.28. The number of amides is 2. The van der Waals surface area contributed by atoms with Crippen molar-refractivity contribution in [3.8, 4) is 0 Å². The van der Waals surface area contributed by atoms with E-state index in [0.29, 0.717) is 6.42 Å². The molecule has 0 aliphatic rings. The summed E-state index contributed by atoms with van der Waals surface area (Å²) >= 11 is 1.51. The predicted octanol–water partition coefficient (Wildman–Crippen LogP) is 2.92. The second-order valence-electron chi connectivity index (χ2n) is 5.32. The number of anilines is 1. The Kier molecular flexibility index (Phi) is 4.43. The lowest BCUT2D eigenvalue weighted by Crippen LogP contribution is -2.44. The summed E-state index contributed by atoms with van der Waals surface area (Å²) < 4.78 is 0. The molecule has 0 bridgehead atoms. The van der Waals surface area contributed by atoms with E-state index in [-0.39, 0.29) is 11.8 Å². The lowest BCUT2D eigenvalue weighted by Gasteiger charge is -2.17. The molecule has 0 fully saturated rings. The van der Waals surface area contributed by atoms with Crippen molar-refractivity contribution in [3.63, 3.8) is 0 Å². The fourth-order valence-electron chi connectivity index (χ4n) is 2.54. The molecule has 2 aromatic heterocycles. The first-order valence-corrected chi connectivity index (χ1v) is 8.23. The van der Waals surface area contributed by atoms with Crippen LogP contribution in [0.5, 0.6) is 0 Å². The van der Waals surface area contributed by atoms with Crippen LogP contribution in [-0.4, -0.2) is 22.8 Å². The maximum atomic E-state index is 12.5. The first-order chi connectivity index (χ1) is 11.1. The van der Waals surface area contributed by atoms with E-state index < -0.39 is 6.04 Å². The molecule has 118 valence electrons. The number of benzene rings is 1. The summed E-state index contributed by atoms with van der Waals surface area (Å²) in [5, 5.41) is 10.4. The fourth-order valence-corrected chi connectivity index (χ4v) is 3.13. The van der Waals surface area contributed by atoms with Crippen molar-refractivity contribution in [1.82, 2.24) is 10.3 Å². The SMILES string of the molecule is CC(=O)NC(Cc1c[nH]c2ccccc12)C(=O)Nc1ccsc1. The molecule has 3 aromatic rings. The van der Waals surface area contributed by atoms with Gasteiger partial charge in [-0.1, -0.05) is 18.2 Å². The number of H-pyrrole nitrogens is 1. The molecule has 0 saturated carbocycles. The van der Waals surface area contributed by atoms with Crippen molar-refractivity contribution in [1.29, 1.82) is 0 Å². The van der Waals surface area contributed by atoms with Gasteiger partial charge in [-0.05, 0) is 23.1 Å². The Morgan fingerprint density at radius 1 is 1.26 bits per heavy atom. The van der Waals surface area contributed by atoms with Gasteiger partial charge in [-0.3, -0.25) is 9.59 Å². The topological polar surface area (TPSA) is 74.0 Å². The summed E-state index contributed by atoms with van der Waals surface area (Å²) in [6.45, 7) is 1.42. The Labute approximate surface area is 137 Å². The summed E-state index contributed by atoms with van der Waals surface area (Å²) in [5.74, 6) is -0.445. The highest BCUT2D eigenvalue weighted by Crippen LogP contribution is 2.20. The summed E-state index contributed by atoms with van der Waals surface area (Å²) in [7, 11) is 0. The van der Waals surface area contributed by atoms with Crippen molar-refractivity contribution in [2.45, 2.75) is 19.4 Å². The molecule has 0 radical (unpaired) electrons.